The molecule has 1 atom stereocenters. The molecule has 0 aliphatic carbocycles. The molecule has 0 aromatic carbocycles. The van der Waals surface area contributed by atoms with Crippen molar-refractivity contribution in [2.75, 3.05) is 33.7 Å². The Bertz CT molecular complexity index is 696. The largest absolute Gasteiger partial charge is 0.306 e. The summed E-state index contributed by atoms with van der Waals surface area (Å²) in [6.45, 7) is 4.16. The lowest BCUT2D eigenvalue weighted by molar-refractivity contribution is 0.163. The summed E-state index contributed by atoms with van der Waals surface area (Å²) in [7, 11) is 4.31. The van der Waals surface area contributed by atoms with E-state index in [2.05, 4.69) is 28.9 Å². The van der Waals surface area contributed by atoms with E-state index < -0.39 is 0 Å². The number of piperidine rings is 1. The van der Waals surface area contributed by atoms with E-state index in [0.29, 0.717) is 5.92 Å². The molecule has 0 radical (unpaired) electrons. The molecule has 1 aliphatic heterocycles. The van der Waals surface area contributed by atoms with Gasteiger partial charge in [0.15, 0.2) is 0 Å². The van der Waals surface area contributed by atoms with E-state index in [1.54, 1.807) is 16.7 Å². The lowest BCUT2D eigenvalue weighted by atomic mass is 9.98. The number of hydrogen-bond acceptors (Lipinski definition) is 4. The fourth-order valence-electron chi connectivity index (χ4n) is 3.39. The van der Waals surface area contributed by atoms with Crippen LogP contribution in [-0.4, -0.2) is 52.9 Å². The van der Waals surface area contributed by atoms with Crippen LogP contribution >= 0.6 is 0 Å². The monoisotopic (exact) mass is 300 g/mol. The van der Waals surface area contributed by atoms with Gasteiger partial charge in [-0.15, -0.1) is 0 Å². The second-order valence-electron chi connectivity index (χ2n) is 6.48. The van der Waals surface area contributed by atoms with Crippen molar-refractivity contribution in [3.05, 3.63) is 46.5 Å². The summed E-state index contributed by atoms with van der Waals surface area (Å²) < 4.78 is 1.58. The molecule has 118 valence electrons. The second-order valence-corrected chi connectivity index (χ2v) is 6.48. The molecule has 1 unspecified atom stereocenters. The van der Waals surface area contributed by atoms with Crippen LogP contribution in [-0.2, 0) is 6.54 Å². The Morgan fingerprint density at radius 3 is 3.09 bits per heavy atom. The molecule has 3 rings (SSSR count). The summed E-state index contributed by atoms with van der Waals surface area (Å²) in [6, 6.07) is 7.28. The van der Waals surface area contributed by atoms with Gasteiger partial charge in [-0.1, -0.05) is 6.07 Å². The van der Waals surface area contributed by atoms with Crippen molar-refractivity contribution in [1.29, 1.82) is 0 Å². The van der Waals surface area contributed by atoms with E-state index in [1.807, 2.05) is 18.2 Å². The van der Waals surface area contributed by atoms with Crippen LogP contribution in [0.1, 0.15) is 18.5 Å². The predicted molar refractivity (Wildman–Crippen MR) is 88.0 cm³/mol. The number of fused-ring (bicyclic) bond motifs is 1. The minimum absolute atomic E-state index is 0.00796. The van der Waals surface area contributed by atoms with Crippen molar-refractivity contribution in [3.8, 4) is 0 Å². The Kier molecular flexibility index (Phi) is 4.55. The standard InChI is InChI=1S/C17H24N4O/c1-19-8-5-6-14(11-19)12-20(2)13-15-10-17(22)21-9-4-3-7-16(21)18-15/h3-4,7,9-10,14H,5-6,8,11-13H2,1-2H3. The Hall–Kier alpha value is -1.72. The van der Waals surface area contributed by atoms with Crippen LogP contribution in [0.5, 0.6) is 0 Å². The highest BCUT2D eigenvalue weighted by molar-refractivity contribution is 5.37. The van der Waals surface area contributed by atoms with Gasteiger partial charge in [-0.3, -0.25) is 9.20 Å². The fraction of sp³-hybridized carbons (Fsp3) is 0.529. The predicted octanol–water partition coefficient (Wildman–Crippen LogP) is 1.47. The van der Waals surface area contributed by atoms with Crippen LogP contribution in [0.3, 0.4) is 0 Å². The van der Waals surface area contributed by atoms with Crippen LogP contribution in [0.25, 0.3) is 5.65 Å². The zero-order valence-electron chi connectivity index (χ0n) is 13.4. The SMILES string of the molecule is CN1CCCC(CN(C)Cc2cc(=O)n3ccccc3n2)C1. The van der Waals surface area contributed by atoms with Crippen LogP contribution in [0.15, 0.2) is 35.3 Å². The van der Waals surface area contributed by atoms with Gasteiger partial charge in [0.25, 0.3) is 5.56 Å². The molecular weight excluding hydrogens is 276 g/mol. The average Bonchev–Trinajstić information content (AvgIpc) is 2.47. The summed E-state index contributed by atoms with van der Waals surface area (Å²) in [5.74, 6) is 0.713. The smallest absolute Gasteiger partial charge is 0.258 e. The maximum atomic E-state index is 12.1. The molecule has 0 N–H and O–H groups in total. The number of nitrogens with zero attached hydrogens (tertiary/aromatic N) is 4. The molecule has 1 fully saturated rings. The molecule has 2 aromatic rings. The molecular formula is C17H24N4O. The number of hydrogen-bond donors (Lipinski definition) is 0. The Labute approximate surface area is 131 Å². The van der Waals surface area contributed by atoms with Gasteiger partial charge in [0.1, 0.15) is 5.65 Å². The molecule has 1 aliphatic rings. The van der Waals surface area contributed by atoms with Gasteiger partial charge in [-0.05, 0) is 51.5 Å². The van der Waals surface area contributed by atoms with E-state index in [1.165, 1.54) is 19.4 Å². The van der Waals surface area contributed by atoms with Crippen molar-refractivity contribution in [2.24, 2.45) is 5.92 Å². The minimum Gasteiger partial charge on any atom is -0.306 e. The van der Waals surface area contributed by atoms with E-state index in [-0.39, 0.29) is 5.56 Å². The number of likely N-dealkylation sites (tertiary alicyclic amines) is 1. The first-order valence-electron chi connectivity index (χ1n) is 7.96. The van der Waals surface area contributed by atoms with Crippen LogP contribution in [0.4, 0.5) is 0 Å². The van der Waals surface area contributed by atoms with Gasteiger partial charge < -0.3 is 9.80 Å². The van der Waals surface area contributed by atoms with Gasteiger partial charge in [-0.25, -0.2) is 4.98 Å². The highest BCUT2D eigenvalue weighted by Crippen LogP contribution is 2.16. The molecule has 2 aromatic heterocycles. The van der Waals surface area contributed by atoms with Gasteiger partial charge in [0.05, 0.1) is 5.69 Å². The summed E-state index contributed by atoms with van der Waals surface area (Å²) in [5.41, 5.74) is 1.56. The number of rotatable bonds is 4. The molecule has 0 spiro atoms. The van der Waals surface area contributed by atoms with E-state index in [4.69, 9.17) is 0 Å². The van der Waals surface area contributed by atoms with Crippen LogP contribution < -0.4 is 5.56 Å². The highest BCUT2D eigenvalue weighted by Gasteiger charge is 2.18. The first kappa shape index (κ1) is 15.2. The normalized spacial score (nSPS) is 19.9. The Balaban J connectivity index is 1.68. The van der Waals surface area contributed by atoms with E-state index in [0.717, 1.165) is 31.0 Å². The molecule has 0 saturated carbocycles. The molecule has 5 nitrogen and oxygen atoms in total. The third-order valence-electron chi connectivity index (χ3n) is 4.35. The number of aromatic nitrogens is 2. The molecule has 22 heavy (non-hydrogen) atoms. The third kappa shape index (κ3) is 3.54. The van der Waals surface area contributed by atoms with Gasteiger partial charge >= 0.3 is 0 Å². The minimum atomic E-state index is -0.00796. The summed E-state index contributed by atoms with van der Waals surface area (Å²) in [5, 5.41) is 0. The van der Waals surface area contributed by atoms with Crippen LogP contribution in [0, 0.1) is 5.92 Å². The van der Waals surface area contributed by atoms with Gasteiger partial charge in [-0.2, -0.15) is 0 Å². The van der Waals surface area contributed by atoms with Crippen molar-refractivity contribution in [3.63, 3.8) is 0 Å². The quantitative estimate of drug-likeness (QED) is 0.857. The maximum absolute atomic E-state index is 12.1. The molecule has 0 amide bonds. The summed E-state index contributed by atoms with van der Waals surface area (Å²) in [6.07, 6.45) is 4.34. The van der Waals surface area contributed by atoms with Crippen molar-refractivity contribution >= 4 is 5.65 Å². The topological polar surface area (TPSA) is 40.9 Å². The Morgan fingerprint density at radius 1 is 1.41 bits per heavy atom. The van der Waals surface area contributed by atoms with Crippen molar-refractivity contribution in [2.45, 2.75) is 19.4 Å². The first-order valence-corrected chi connectivity index (χ1v) is 7.96. The van der Waals surface area contributed by atoms with Crippen molar-refractivity contribution < 1.29 is 0 Å². The Morgan fingerprint density at radius 2 is 2.27 bits per heavy atom. The average molecular weight is 300 g/mol. The number of pyridine rings is 1. The zero-order chi connectivity index (χ0) is 15.5. The maximum Gasteiger partial charge on any atom is 0.258 e. The van der Waals surface area contributed by atoms with E-state index in [9.17, 15) is 4.79 Å². The lowest BCUT2D eigenvalue weighted by Gasteiger charge is -2.32. The third-order valence-corrected chi connectivity index (χ3v) is 4.35. The first-order chi connectivity index (χ1) is 10.6. The molecule has 5 heteroatoms. The summed E-state index contributed by atoms with van der Waals surface area (Å²) >= 11 is 0. The summed E-state index contributed by atoms with van der Waals surface area (Å²) in [4.78, 5) is 21.4. The second kappa shape index (κ2) is 6.58. The van der Waals surface area contributed by atoms with Crippen LogP contribution in [0.2, 0.25) is 0 Å². The molecule has 1 saturated heterocycles. The van der Waals surface area contributed by atoms with Gasteiger partial charge in [0.2, 0.25) is 0 Å². The molecule has 0 bridgehead atoms. The molecule has 3 heterocycles. The van der Waals surface area contributed by atoms with E-state index >= 15 is 0 Å². The van der Waals surface area contributed by atoms with Gasteiger partial charge in [0, 0.05) is 31.9 Å². The zero-order valence-corrected chi connectivity index (χ0v) is 13.4. The highest BCUT2D eigenvalue weighted by atomic mass is 16.1. The lowest BCUT2D eigenvalue weighted by Crippen LogP contribution is -2.38. The fourth-order valence-corrected chi connectivity index (χ4v) is 3.39. The van der Waals surface area contributed by atoms with Crippen molar-refractivity contribution in [1.82, 2.24) is 19.2 Å².